The number of anilines is 1. The second-order valence-corrected chi connectivity index (χ2v) is 5.89. The molecule has 2 amide bonds. The molecule has 0 saturated carbocycles. The molecule has 1 aliphatic heterocycles. The van der Waals surface area contributed by atoms with Gasteiger partial charge in [-0.05, 0) is 18.2 Å². The molecule has 0 spiro atoms. The van der Waals surface area contributed by atoms with Crippen molar-refractivity contribution in [1.82, 2.24) is 10.6 Å². The van der Waals surface area contributed by atoms with Crippen molar-refractivity contribution in [2.45, 2.75) is 0 Å². The number of fused-ring (bicyclic) bond motifs is 1. The summed E-state index contributed by atoms with van der Waals surface area (Å²) in [5.41, 5.74) is 0.609. The van der Waals surface area contributed by atoms with Gasteiger partial charge in [0.1, 0.15) is 12.3 Å². The van der Waals surface area contributed by atoms with E-state index in [4.69, 9.17) is 9.47 Å². The van der Waals surface area contributed by atoms with Gasteiger partial charge in [0.2, 0.25) is 5.91 Å². The number of halogens is 2. The van der Waals surface area contributed by atoms with Gasteiger partial charge in [-0.1, -0.05) is 15.9 Å². The Labute approximate surface area is 155 Å². The number of carbonyl (C=O) groups is 2. The molecule has 1 heterocycles. The number of carbonyl (C=O) groups excluding carboxylic acids is 2. The van der Waals surface area contributed by atoms with Crippen LogP contribution in [0.5, 0.6) is 5.75 Å². The van der Waals surface area contributed by atoms with Gasteiger partial charge >= 0.3 is 0 Å². The molecule has 9 heteroatoms. The van der Waals surface area contributed by atoms with Crippen LogP contribution < -0.4 is 20.3 Å². The number of hydrogen-bond acceptors (Lipinski definition) is 5. The normalized spacial score (nSPS) is 12.9. The highest BCUT2D eigenvalue weighted by Crippen LogP contribution is 2.34. The van der Waals surface area contributed by atoms with Gasteiger partial charge in [-0.2, -0.15) is 0 Å². The molecule has 1 aliphatic rings. The van der Waals surface area contributed by atoms with Crippen molar-refractivity contribution < 1.29 is 19.1 Å². The molecule has 134 valence electrons. The van der Waals surface area contributed by atoms with Gasteiger partial charge in [0.05, 0.1) is 12.3 Å². The summed E-state index contributed by atoms with van der Waals surface area (Å²) in [5, 5.41) is 5.91. The Morgan fingerprint density at radius 2 is 2.17 bits per heavy atom. The Morgan fingerprint density at radius 1 is 1.38 bits per heavy atom. The first-order valence-electron chi connectivity index (χ1n) is 7.31. The summed E-state index contributed by atoms with van der Waals surface area (Å²) in [6, 6.07) is 5.36. The fourth-order valence-electron chi connectivity index (χ4n) is 2.14. The number of hydrogen-bond donors (Lipinski definition) is 2. The summed E-state index contributed by atoms with van der Waals surface area (Å²) in [7, 11) is 1.64. The van der Waals surface area contributed by atoms with Crippen molar-refractivity contribution in [1.29, 1.82) is 0 Å². The summed E-state index contributed by atoms with van der Waals surface area (Å²) < 4.78 is 11.2. The minimum absolute atomic E-state index is 0. The lowest BCUT2D eigenvalue weighted by Crippen LogP contribution is -2.46. The molecule has 0 aromatic heterocycles. The molecule has 7 nitrogen and oxygen atoms in total. The second-order valence-electron chi connectivity index (χ2n) is 4.97. The number of rotatable bonds is 8. The van der Waals surface area contributed by atoms with Crippen molar-refractivity contribution >= 4 is 45.8 Å². The maximum Gasteiger partial charge on any atom is 0.265 e. The molecule has 0 radical (unpaired) electrons. The molecule has 0 saturated heterocycles. The molecule has 0 atom stereocenters. The van der Waals surface area contributed by atoms with E-state index in [0.29, 0.717) is 31.1 Å². The average molecular weight is 423 g/mol. The molecular weight excluding hydrogens is 402 g/mol. The first kappa shape index (κ1) is 20.7. The highest BCUT2D eigenvalue weighted by molar-refractivity contribution is 9.10. The minimum atomic E-state index is -0.229. The number of nitrogens with zero attached hydrogens (tertiary/aromatic N) is 1. The lowest BCUT2D eigenvalue weighted by atomic mass is 10.2. The fourth-order valence-corrected chi connectivity index (χ4v) is 2.48. The molecule has 1 aromatic carbocycles. The number of nitrogens with one attached hydrogen (secondary N) is 2. The van der Waals surface area contributed by atoms with Gasteiger partial charge < -0.3 is 20.1 Å². The largest absolute Gasteiger partial charge is 0.482 e. The highest BCUT2D eigenvalue weighted by atomic mass is 79.9. The Morgan fingerprint density at radius 3 is 2.92 bits per heavy atom. The average Bonchev–Trinajstić information content (AvgIpc) is 2.53. The van der Waals surface area contributed by atoms with E-state index in [0.717, 1.165) is 11.0 Å². The van der Waals surface area contributed by atoms with Crippen LogP contribution in [0.3, 0.4) is 0 Å². The third-order valence-corrected chi connectivity index (χ3v) is 3.77. The molecule has 2 rings (SSSR count). The molecule has 2 N–H and O–H groups in total. The van der Waals surface area contributed by atoms with Crippen LogP contribution in [0.1, 0.15) is 0 Å². The number of amides is 2. The predicted octanol–water partition coefficient (Wildman–Crippen LogP) is 0.949. The van der Waals surface area contributed by atoms with Gasteiger partial charge in [0.25, 0.3) is 5.91 Å². The Balaban J connectivity index is 0.00000288. The SMILES string of the molecule is COCCNCCNC(=O)CN1C(=O)COc2cc(Br)ccc21.Cl. The minimum Gasteiger partial charge on any atom is -0.482 e. The van der Waals surface area contributed by atoms with E-state index in [1.807, 2.05) is 6.07 Å². The fraction of sp³-hybridized carbons (Fsp3) is 0.467. The van der Waals surface area contributed by atoms with Crippen LogP contribution in [-0.4, -0.2) is 58.3 Å². The Bertz CT molecular complexity index is 574. The summed E-state index contributed by atoms with van der Waals surface area (Å²) in [6.45, 7) is 2.42. The summed E-state index contributed by atoms with van der Waals surface area (Å²) >= 11 is 3.36. The second kappa shape index (κ2) is 10.5. The maximum atomic E-state index is 12.0. The monoisotopic (exact) mass is 421 g/mol. The topological polar surface area (TPSA) is 79.9 Å². The third kappa shape index (κ3) is 5.94. The van der Waals surface area contributed by atoms with Gasteiger partial charge in [0.15, 0.2) is 6.61 Å². The summed E-state index contributed by atoms with van der Waals surface area (Å²) in [4.78, 5) is 25.5. The standard InChI is InChI=1S/C15H20BrN3O4.ClH/c1-22-7-6-17-4-5-18-14(20)9-19-12-3-2-11(16)8-13(12)23-10-15(19)21;/h2-3,8,17H,4-7,9-10H2,1H3,(H,18,20);1H. The van der Waals surface area contributed by atoms with Gasteiger partial charge in [-0.15, -0.1) is 12.4 Å². The van der Waals surface area contributed by atoms with Crippen LogP contribution >= 0.6 is 28.3 Å². The van der Waals surface area contributed by atoms with Crippen LogP contribution in [0.4, 0.5) is 5.69 Å². The molecule has 0 aliphatic carbocycles. The van der Waals surface area contributed by atoms with E-state index in [1.165, 1.54) is 4.90 Å². The van der Waals surface area contributed by atoms with Crippen molar-refractivity contribution in [3.8, 4) is 5.75 Å². The maximum absolute atomic E-state index is 12.0. The first-order valence-corrected chi connectivity index (χ1v) is 8.10. The summed E-state index contributed by atoms with van der Waals surface area (Å²) in [5.74, 6) is 0.156. The van der Waals surface area contributed by atoms with Crippen LogP contribution in [0, 0.1) is 0 Å². The van der Waals surface area contributed by atoms with Gasteiger partial charge in [-0.25, -0.2) is 0 Å². The Kier molecular flexibility index (Phi) is 9.05. The van der Waals surface area contributed by atoms with E-state index in [1.54, 1.807) is 19.2 Å². The first-order chi connectivity index (χ1) is 11.1. The predicted molar refractivity (Wildman–Crippen MR) is 97.0 cm³/mol. The molecule has 1 aromatic rings. The Hall–Kier alpha value is -1.35. The van der Waals surface area contributed by atoms with Crippen LogP contribution in [0.25, 0.3) is 0 Å². The van der Waals surface area contributed by atoms with Gasteiger partial charge in [0, 0.05) is 31.2 Å². The van der Waals surface area contributed by atoms with Crippen molar-refractivity contribution in [2.75, 3.05) is 51.4 Å². The lowest BCUT2D eigenvalue weighted by Gasteiger charge is -2.29. The summed E-state index contributed by atoms with van der Waals surface area (Å²) in [6.07, 6.45) is 0. The zero-order valence-corrected chi connectivity index (χ0v) is 15.7. The zero-order valence-electron chi connectivity index (χ0n) is 13.3. The number of ether oxygens (including phenoxy) is 2. The molecule has 0 bridgehead atoms. The van der Waals surface area contributed by atoms with Crippen molar-refractivity contribution in [3.63, 3.8) is 0 Å². The third-order valence-electron chi connectivity index (χ3n) is 3.27. The van der Waals surface area contributed by atoms with Crippen LogP contribution in [0.15, 0.2) is 22.7 Å². The molecular formula is C15H21BrClN3O4. The van der Waals surface area contributed by atoms with Gasteiger partial charge in [-0.3, -0.25) is 14.5 Å². The smallest absolute Gasteiger partial charge is 0.265 e. The highest BCUT2D eigenvalue weighted by Gasteiger charge is 2.27. The number of methoxy groups -OCH3 is 1. The van der Waals surface area contributed by atoms with Crippen molar-refractivity contribution in [3.05, 3.63) is 22.7 Å². The van der Waals surface area contributed by atoms with E-state index < -0.39 is 0 Å². The van der Waals surface area contributed by atoms with E-state index >= 15 is 0 Å². The van der Waals surface area contributed by atoms with E-state index in [2.05, 4.69) is 26.6 Å². The quantitative estimate of drug-likeness (QED) is 0.610. The van der Waals surface area contributed by atoms with Crippen LogP contribution in [0.2, 0.25) is 0 Å². The molecule has 0 unspecified atom stereocenters. The molecule has 0 fully saturated rings. The van der Waals surface area contributed by atoms with E-state index in [-0.39, 0.29) is 37.4 Å². The molecule has 24 heavy (non-hydrogen) atoms. The van der Waals surface area contributed by atoms with Crippen molar-refractivity contribution in [2.24, 2.45) is 0 Å². The number of benzene rings is 1. The van der Waals surface area contributed by atoms with E-state index in [9.17, 15) is 9.59 Å². The van der Waals surface area contributed by atoms with Crippen LogP contribution in [-0.2, 0) is 14.3 Å². The lowest BCUT2D eigenvalue weighted by molar-refractivity contribution is -0.125. The zero-order chi connectivity index (χ0) is 16.7.